The van der Waals surface area contributed by atoms with E-state index in [4.69, 9.17) is 28.4 Å². The zero-order chi connectivity index (χ0) is 25.7. The van der Waals surface area contributed by atoms with Gasteiger partial charge in [0.2, 0.25) is 0 Å². The Kier molecular flexibility index (Phi) is 7.74. The highest BCUT2D eigenvalue weighted by Crippen LogP contribution is 2.39. The third kappa shape index (κ3) is 4.85. The summed E-state index contributed by atoms with van der Waals surface area (Å²) in [5, 5.41) is 2.34. The van der Waals surface area contributed by atoms with Crippen molar-refractivity contribution in [2.24, 2.45) is 0 Å². The molecule has 4 aromatic rings. The fourth-order valence-electron chi connectivity index (χ4n) is 4.62. The van der Waals surface area contributed by atoms with Gasteiger partial charge in [-0.3, -0.25) is 0 Å². The van der Waals surface area contributed by atoms with Crippen molar-refractivity contribution in [2.45, 2.75) is 12.8 Å². The standard InChI is InChI=1S/C30H32O6/c1-31-21-15-27(33-3)25(28(16-21)34-4)13-19-11-12-20(24-10-8-7-9-23(19)24)14-26-29(35-5)17-22(32-2)18-30(26)36-6/h7-12,15-18H,13-14H2,1-6H3. The monoisotopic (exact) mass is 488 g/mol. The maximum absolute atomic E-state index is 5.69. The fourth-order valence-corrected chi connectivity index (χ4v) is 4.62. The minimum atomic E-state index is 0.645. The van der Waals surface area contributed by atoms with Crippen LogP contribution in [0.3, 0.4) is 0 Å². The van der Waals surface area contributed by atoms with Gasteiger partial charge in [-0.2, -0.15) is 0 Å². The summed E-state index contributed by atoms with van der Waals surface area (Å²) in [4.78, 5) is 0. The van der Waals surface area contributed by atoms with Crippen molar-refractivity contribution in [3.05, 3.63) is 82.9 Å². The Balaban J connectivity index is 1.80. The first-order chi connectivity index (χ1) is 17.6. The first-order valence-electron chi connectivity index (χ1n) is 11.6. The summed E-state index contributed by atoms with van der Waals surface area (Å²) in [5.41, 5.74) is 4.28. The molecule has 0 aliphatic heterocycles. The van der Waals surface area contributed by atoms with Crippen LogP contribution < -0.4 is 28.4 Å². The molecule has 4 rings (SSSR count). The van der Waals surface area contributed by atoms with Crippen molar-refractivity contribution in [1.29, 1.82) is 0 Å². The Bertz CT molecular complexity index is 1210. The van der Waals surface area contributed by atoms with E-state index in [-0.39, 0.29) is 0 Å². The molecular formula is C30H32O6. The number of fused-ring (bicyclic) bond motifs is 1. The second-order valence-electron chi connectivity index (χ2n) is 8.30. The van der Waals surface area contributed by atoms with Crippen LogP contribution in [0.1, 0.15) is 22.3 Å². The number of hydrogen-bond acceptors (Lipinski definition) is 6. The molecule has 0 radical (unpaired) electrons. The maximum atomic E-state index is 5.69. The third-order valence-electron chi connectivity index (χ3n) is 6.47. The van der Waals surface area contributed by atoms with Gasteiger partial charge in [-0.1, -0.05) is 36.4 Å². The maximum Gasteiger partial charge on any atom is 0.129 e. The number of ether oxygens (including phenoxy) is 6. The Morgan fingerprint density at radius 1 is 0.444 bits per heavy atom. The lowest BCUT2D eigenvalue weighted by molar-refractivity contribution is 0.369. The smallest absolute Gasteiger partial charge is 0.129 e. The molecule has 0 heterocycles. The number of hydrogen-bond donors (Lipinski definition) is 0. The molecule has 0 amide bonds. The normalized spacial score (nSPS) is 10.7. The van der Waals surface area contributed by atoms with Crippen LogP contribution in [0.25, 0.3) is 10.8 Å². The summed E-state index contributed by atoms with van der Waals surface area (Å²) in [5.74, 6) is 4.29. The van der Waals surface area contributed by atoms with E-state index in [2.05, 4.69) is 36.4 Å². The Morgan fingerprint density at radius 2 is 0.778 bits per heavy atom. The molecule has 0 aliphatic rings. The van der Waals surface area contributed by atoms with E-state index >= 15 is 0 Å². The Labute approximate surface area is 212 Å². The number of rotatable bonds is 10. The van der Waals surface area contributed by atoms with E-state index in [1.807, 2.05) is 24.3 Å². The first kappa shape index (κ1) is 25.0. The highest BCUT2D eigenvalue weighted by Gasteiger charge is 2.18. The third-order valence-corrected chi connectivity index (χ3v) is 6.47. The van der Waals surface area contributed by atoms with E-state index in [1.54, 1.807) is 42.7 Å². The largest absolute Gasteiger partial charge is 0.496 e. The molecule has 0 unspecified atom stereocenters. The predicted molar refractivity (Wildman–Crippen MR) is 142 cm³/mol. The van der Waals surface area contributed by atoms with Gasteiger partial charge in [0.25, 0.3) is 0 Å². The fraction of sp³-hybridized carbons (Fsp3) is 0.267. The average molecular weight is 489 g/mol. The van der Waals surface area contributed by atoms with Crippen molar-refractivity contribution in [3.63, 3.8) is 0 Å². The summed E-state index contributed by atoms with van der Waals surface area (Å²) < 4.78 is 33.6. The van der Waals surface area contributed by atoms with Crippen LogP contribution in [0.15, 0.2) is 60.7 Å². The minimum absolute atomic E-state index is 0.645. The number of benzene rings is 4. The van der Waals surface area contributed by atoms with E-state index in [0.717, 1.165) is 34.1 Å². The van der Waals surface area contributed by atoms with Crippen LogP contribution in [0.5, 0.6) is 34.5 Å². The molecule has 36 heavy (non-hydrogen) atoms. The van der Waals surface area contributed by atoms with Crippen molar-refractivity contribution in [2.75, 3.05) is 42.7 Å². The Hall–Kier alpha value is -4.06. The van der Waals surface area contributed by atoms with E-state index in [0.29, 0.717) is 24.3 Å². The van der Waals surface area contributed by atoms with Gasteiger partial charge in [0.15, 0.2) is 0 Å². The number of methoxy groups -OCH3 is 6. The lowest BCUT2D eigenvalue weighted by Crippen LogP contribution is -2.02. The predicted octanol–water partition coefficient (Wildman–Crippen LogP) is 6.07. The highest BCUT2D eigenvalue weighted by atomic mass is 16.5. The van der Waals surface area contributed by atoms with Crippen molar-refractivity contribution < 1.29 is 28.4 Å². The van der Waals surface area contributed by atoms with Gasteiger partial charge in [0, 0.05) is 48.2 Å². The van der Waals surface area contributed by atoms with Crippen molar-refractivity contribution in [3.8, 4) is 34.5 Å². The van der Waals surface area contributed by atoms with Crippen molar-refractivity contribution >= 4 is 10.8 Å². The van der Waals surface area contributed by atoms with Gasteiger partial charge in [0.1, 0.15) is 34.5 Å². The molecule has 188 valence electrons. The van der Waals surface area contributed by atoms with E-state index in [9.17, 15) is 0 Å². The van der Waals surface area contributed by atoms with Gasteiger partial charge in [-0.25, -0.2) is 0 Å². The average Bonchev–Trinajstić information content (AvgIpc) is 2.93. The molecule has 0 aliphatic carbocycles. The van der Waals surface area contributed by atoms with E-state index < -0.39 is 0 Å². The quantitative estimate of drug-likeness (QED) is 0.270. The molecule has 0 atom stereocenters. The lowest BCUT2D eigenvalue weighted by atomic mass is 9.91. The zero-order valence-corrected chi connectivity index (χ0v) is 21.6. The second kappa shape index (κ2) is 11.1. The van der Waals surface area contributed by atoms with E-state index in [1.165, 1.54) is 21.9 Å². The molecule has 6 nitrogen and oxygen atoms in total. The van der Waals surface area contributed by atoms with Gasteiger partial charge in [-0.05, 0) is 21.9 Å². The summed E-state index contributed by atoms with van der Waals surface area (Å²) >= 11 is 0. The summed E-state index contributed by atoms with van der Waals surface area (Å²) in [6, 6.07) is 20.3. The van der Waals surface area contributed by atoms with Crippen LogP contribution in [0, 0.1) is 0 Å². The van der Waals surface area contributed by atoms with Gasteiger partial charge < -0.3 is 28.4 Å². The molecule has 6 heteroatoms. The molecule has 0 N–H and O–H groups in total. The molecule has 4 aromatic carbocycles. The molecular weight excluding hydrogens is 456 g/mol. The molecule has 0 fully saturated rings. The van der Waals surface area contributed by atoms with Crippen LogP contribution in [0.4, 0.5) is 0 Å². The minimum Gasteiger partial charge on any atom is -0.496 e. The molecule has 0 spiro atoms. The van der Waals surface area contributed by atoms with Crippen molar-refractivity contribution in [1.82, 2.24) is 0 Å². The summed E-state index contributed by atoms with van der Waals surface area (Å²) in [6.45, 7) is 0. The highest BCUT2D eigenvalue weighted by molar-refractivity contribution is 5.89. The van der Waals surface area contributed by atoms with Crippen LogP contribution in [-0.4, -0.2) is 42.7 Å². The van der Waals surface area contributed by atoms with Crippen LogP contribution in [0.2, 0.25) is 0 Å². The molecule has 0 saturated heterocycles. The van der Waals surface area contributed by atoms with Gasteiger partial charge >= 0.3 is 0 Å². The van der Waals surface area contributed by atoms with Gasteiger partial charge in [-0.15, -0.1) is 0 Å². The summed E-state index contributed by atoms with van der Waals surface area (Å²) in [7, 11) is 9.91. The molecule has 0 saturated carbocycles. The molecule has 0 aromatic heterocycles. The first-order valence-corrected chi connectivity index (χ1v) is 11.6. The second-order valence-corrected chi connectivity index (χ2v) is 8.30. The van der Waals surface area contributed by atoms with Gasteiger partial charge in [0.05, 0.1) is 42.7 Å². The lowest BCUT2D eigenvalue weighted by Gasteiger charge is -2.18. The molecule has 0 bridgehead atoms. The Morgan fingerprint density at radius 3 is 1.06 bits per heavy atom. The van der Waals surface area contributed by atoms with Crippen LogP contribution >= 0.6 is 0 Å². The zero-order valence-electron chi connectivity index (χ0n) is 21.6. The SMILES string of the molecule is COc1cc(OC)c(Cc2ccc(Cc3c(OC)cc(OC)cc3OC)c3ccccc23)c(OC)c1. The topological polar surface area (TPSA) is 55.4 Å². The van der Waals surface area contributed by atoms with Crippen LogP contribution in [-0.2, 0) is 12.8 Å². The summed E-state index contributed by atoms with van der Waals surface area (Å²) in [6.07, 6.45) is 1.29.